The fraction of sp³-hybridized carbons (Fsp3) is 0.478. The number of anilines is 3. The van der Waals surface area contributed by atoms with Crippen LogP contribution in [0.25, 0.3) is 0 Å². The van der Waals surface area contributed by atoms with Gasteiger partial charge in [0.2, 0.25) is 0 Å². The Morgan fingerprint density at radius 1 is 1.03 bits per heavy atom. The molecule has 0 unspecified atom stereocenters. The molecule has 3 heterocycles. The zero-order valence-corrected chi connectivity index (χ0v) is 17.2. The van der Waals surface area contributed by atoms with E-state index < -0.39 is 5.91 Å². The molecule has 2 aliphatic heterocycles. The number of nitrogens with two attached hydrogens (primary N) is 1. The molecule has 2 aliphatic rings. The Morgan fingerprint density at radius 2 is 1.70 bits per heavy atom. The van der Waals surface area contributed by atoms with Crippen LogP contribution < -0.4 is 16.4 Å². The van der Waals surface area contributed by atoms with Crippen LogP contribution in [0.4, 0.5) is 17.2 Å². The Bertz CT molecular complexity index is 844. The average Bonchev–Trinajstić information content (AvgIpc) is 2.79. The second kappa shape index (κ2) is 9.91. The van der Waals surface area contributed by atoms with E-state index in [1.165, 1.54) is 11.8 Å². The summed E-state index contributed by atoms with van der Waals surface area (Å²) >= 11 is 0. The molecule has 1 amide bonds. The number of aromatic nitrogens is 1. The molecular formula is C23H30N4O3. The normalized spacial score (nSPS) is 18.1. The first-order chi connectivity index (χ1) is 14.7. The lowest BCUT2D eigenvalue weighted by Crippen LogP contribution is -2.24. The van der Waals surface area contributed by atoms with Gasteiger partial charge in [-0.2, -0.15) is 0 Å². The van der Waals surface area contributed by atoms with Crippen molar-refractivity contribution in [1.82, 2.24) is 4.98 Å². The molecule has 4 N–H and O–H groups in total. The maximum Gasteiger partial charge on any atom is 0.252 e. The molecule has 1 aromatic heterocycles. The monoisotopic (exact) mass is 410 g/mol. The second-order valence-electron chi connectivity index (χ2n) is 8.05. The number of benzene rings is 1. The highest BCUT2D eigenvalue weighted by atomic mass is 16.5. The second-order valence-corrected chi connectivity index (χ2v) is 8.05. The first-order valence-corrected chi connectivity index (χ1v) is 10.8. The summed E-state index contributed by atoms with van der Waals surface area (Å²) in [5.41, 5.74) is 8.97. The molecular weight excluding hydrogens is 380 g/mol. The summed E-state index contributed by atoms with van der Waals surface area (Å²) < 4.78 is 10.9. The average molecular weight is 411 g/mol. The van der Waals surface area contributed by atoms with E-state index in [4.69, 9.17) is 15.2 Å². The van der Waals surface area contributed by atoms with Crippen molar-refractivity contribution in [1.29, 1.82) is 0 Å². The highest BCUT2D eigenvalue weighted by molar-refractivity contribution is 5.98. The van der Waals surface area contributed by atoms with Crippen LogP contribution in [0.2, 0.25) is 0 Å². The van der Waals surface area contributed by atoms with Gasteiger partial charge in [-0.05, 0) is 55.2 Å². The highest BCUT2D eigenvalue weighted by Gasteiger charge is 2.17. The van der Waals surface area contributed by atoms with Crippen molar-refractivity contribution in [3.8, 4) is 0 Å². The lowest BCUT2D eigenvalue weighted by atomic mass is 9.92. The molecule has 0 atom stereocenters. The van der Waals surface area contributed by atoms with Gasteiger partial charge in [0, 0.05) is 50.9 Å². The third-order valence-electron chi connectivity index (χ3n) is 5.97. The smallest absolute Gasteiger partial charge is 0.252 e. The number of carbonyl (C=O) groups is 1. The van der Waals surface area contributed by atoms with Gasteiger partial charge in [-0.15, -0.1) is 0 Å². The summed E-state index contributed by atoms with van der Waals surface area (Å²) in [6, 6.07) is 10.3. The maximum atomic E-state index is 11.8. The molecule has 0 bridgehead atoms. The molecule has 0 saturated carbocycles. The predicted octanol–water partition coefficient (Wildman–Crippen LogP) is 3.66. The highest BCUT2D eigenvalue weighted by Crippen LogP contribution is 2.29. The fourth-order valence-corrected chi connectivity index (χ4v) is 4.09. The molecule has 160 valence electrons. The van der Waals surface area contributed by atoms with Crippen LogP contribution in [0.15, 0.2) is 36.5 Å². The van der Waals surface area contributed by atoms with Gasteiger partial charge in [0.05, 0.1) is 11.3 Å². The van der Waals surface area contributed by atoms with Crippen LogP contribution in [0.1, 0.15) is 47.5 Å². The van der Waals surface area contributed by atoms with Crippen LogP contribution in [0, 0.1) is 5.92 Å². The van der Waals surface area contributed by atoms with Crippen molar-refractivity contribution >= 4 is 23.1 Å². The molecule has 1 aromatic carbocycles. The third kappa shape index (κ3) is 5.29. The lowest BCUT2D eigenvalue weighted by Gasteiger charge is -2.23. The largest absolute Gasteiger partial charge is 0.384 e. The van der Waals surface area contributed by atoms with E-state index >= 15 is 0 Å². The lowest BCUT2D eigenvalue weighted by molar-refractivity contribution is 0.0699. The number of carbonyl (C=O) groups excluding carboxylic acids is 1. The number of nitrogens with one attached hydrogen (secondary N) is 2. The minimum absolute atomic E-state index is 0.405. The number of ether oxygens (including phenoxy) is 2. The summed E-state index contributed by atoms with van der Waals surface area (Å²) in [7, 11) is 0. The van der Waals surface area contributed by atoms with Crippen LogP contribution in [-0.2, 0) is 9.47 Å². The van der Waals surface area contributed by atoms with E-state index in [0.717, 1.165) is 64.3 Å². The molecule has 7 nitrogen and oxygen atoms in total. The summed E-state index contributed by atoms with van der Waals surface area (Å²) in [6.07, 6.45) is 5.73. The number of pyridine rings is 1. The van der Waals surface area contributed by atoms with Gasteiger partial charge in [0.1, 0.15) is 5.82 Å². The van der Waals surface area contributed by atoms with Crippen molar-refractivity contribution in [2.24, 2.45) is 11.7 Å². The quantitative estimate of drug-likeness (QED) is 0.644. The van der Waals surface area contributed by atoms with Gasteiger partial charge in [0.15, 0.2) is 0 Å². The molecule has 0 aliphatic carbocycles. The van der Waals surface area contributed by atoms with Crippen molar-refractivity contribution < 1.29 is 14.3 Å². The minimum atomic E-state index is -0.482. The number of rotatable bonds is 7. The topological polar surface area (TPSA) is 98.5 Å². The van der Waals surface area contributed by atoms with Crippen LogP contribution in [-0.4, -0.2) is 43.9 Å². The van der Waals surface area contributed by atoms with Crippen molar-refractivity contribution in [3.05, 3.63) is 47.7 Å². The van der Waals surface area contributed by atoms with Crippen LogP contribution in [0.3, 0.4) is 0 Å². The van der Waals surface area contributed by atoms with Gasteiger partial charge < -0.3 is 25.8 Å². The fourth-order valence-electron chi connectivity index (χ4n) is 4.09. The Morgan fingerprint density at radius 3 is 2.37 bits per heavy atom. The van der Waals surface area contributed by atoms with Gasteiger partial charge in [0.25, 0.3) is 5.91 Å². The molecule has 2 fully saturated rings. The standard InChI is InChI=1S/C23H30N4O3/c24-23(28)20-15-26-22(13-21(20)25-14-16-5-9-29-10-6-16)27-19-3-1-17(2-4-19)18-7-11-30-12-8-18/h1-4,13,15-16,18H,5-12,14H2,(H2,24,28)(H2,25,26,27). The number of hydrogen-bond acceptors (Lipinski definition) is 6. The van der Waals surface area contributed by atoms with Gasteiger partial charge in [-0.1, -0.05) is 12.1 Å². The summed E-state index contributed by atoms with van der Waals surface area (Å²) in [6.45, 7) is 4.05. The maximum absolute atomic E-state index is 11.8. The van der Waals surface area contributed by atoms with Crippen LogP contribution >= 0.6 is 0 Å². The number of nitrogens with zero attached hydrogens (tertiary/aromatic N) is 1. The summed E-state index contributed by atoms with van der Waals surface area (Å²) in [4.78, 5) is 16.2. The van der Waals surface area contributed by atoms with Crippen molar-refractivity contribution in [2.75, 3.05) is 43.6 Å². The zero-order valence-electron chi connectivity index (χ0n) is 17.2. The molecule has 4 rings (SSSR count). The zero-order chi connectivity index (χ0) is 20.8. The van der Waals surface area contributed by atoms with Gasteiger partial charge >= 0.3 is 0 Å². The number of hydrogen-bond donors (Lipinski definition) is 3. The van der Waals surface area contributed by atoms with Gasteiger partial charge in [-0.25, -0.2) is 4.98 Å². The molecule has 0 spiro atoms. The molecule has 0 radical (unpaired) electrons. The third-order valence-corrected chi connectivity index (χ3v) is 5.97. The first-order valence-electron chi connectivity index (χ1n) is 10.8. The summed E-state index contributed by atoms with van der Waals surface area (Å²) in [5.74, 6) is 1.29. The van der Waals surface area contributed by atoms with E-state index in [1.807, 2.05) is 6.07 Å². The first kappa shape index (κ1) is 20.6. The van der Waals surface area contributed by atoms with E-state index in [2.05, 4.69) is 39.9 Å². The minimum Gasteiger partial charge on any atom is -0.384 e. The Labute approximate surface area is 177 Å². The molecule has 30 heavy (non-hydrogen) atoms. The van der Waals surface area contributed by atoms with Gasteiger partial charge in [-0.3, -0.25) is 4.79 Å². The van der Waals surface area contributed by atoms with E-state index in [0.29, 0.717) is 28.9 Å². The molecule has 7 heteroatoms. The van der Waals surface area contributed by atoms with Crippen LogP contribution in [0.5, 0.6) is 0 Å². The Hall–Kier alpha value is -2.64. The SMILES string of the molecule is NC(=O)c1cnc(Nc2ccc(C3CCOCC3)cc2)cc1NCC1CCOCC1. The number of amides is 1. The Kier molecular flexibility index (Phi) is 6.81. The van der Waals surface area contributed by atoms with Crippen molar-refractivity contribution in [2.45, 2.75) is 31.6 Å². The van der Waals surface area contributed by atoms with E-state index in [9.17, 15) is 4.79 Å². The Balaban J connectivity index is 1.43. The molecule has 2 saturated heterocycles. The predicted molar refractivity (Wildman–Crippen MR) is 117 cm³/mol. The van der Waals surface area contributed by atoms with E-state index in [-0.39, 0.29) is 0 Å². The summed E-state index contributed by atoms with van der Waals surface area (Å²) in [5, 5.41) is 6.73. The molecule has 2 aromatic rings. The van der Waals surface area contributed by atoms with Crippen molar-refractivity contribution in [3.63, 3.8) is 0 Å². The van der Waals surface area contributed by atoms with E-state index in [1.54, 1.807) is 0 Å². The number of primary amides is 1.